The Hall–Kier alpha value is -3.36. The van der Waals surface area contributed by atoms with Crippen molar-refractivity contribution in [2.75, 3.05) is 0 Å². The molecule has 3 N–H and O–H groups in total. The molecule has 4 aromatic rings. The van der Waals surface area contributed by atoms with Crippen LogP contribution in [0.3, 0.4) is 0 Å². The van der Waals surface area contributed by atoms with Gasteiger partial charge in [0.05, 0.1) is 0 Å². The van der Waals surface area contributed by atoms with Gasteiger partial charge in [-0.25, -0.2) is 0 Å². The number of para-hydroxylation sites is 1. The van der Waals surface area contributed by atoms with Gasteiger partial charge in [0, 0.05) is 11.0 Å². The molecule has 148 valence electrons. The molecule has 0 spiro atoms. The van der Waals surface area contributed by atoms with Crippen LogP contribution >= 0.6 is 0 Å². The van der Waals surface area contributed by atoms with E-state index in [-0.39, 0.29) is 10.9 Å². The SMILES string of the molecule is CC(C)(c1ccccc1)c1ccccc1O.O.c1ccc(-c2ccccc2)cc1. The minimum absolute atomic E-state index is 0. The zero-order valence-electron chi connectivity index (χ0n) is 16.9. The van der Waals surface area contributed by atoms with Crippen LogP contribution in [0.5, 0.6) is 5.75 Å². The number of benzene rings is 4. The predicted octanol–water partition coefficient (Wildman–Crippen LogP) is 6.25. The number of aromatic hydroxyl groups is 1. The lowest BCUT2D eigenvalue weighted by atomic mass is 9.78. The van der Waals surface area contributed by atoms with Crippen molar-refractivity contribution in [3.63, 3.8) is 0 Å². The van der Waals surface area contributed by atoms with Crippen molar-refractivity contribution in [3.05, 3.63) is 126 Å². The van der Waals surface area contributed by atoms with Gasteiger partial charge >= 0.3 is 0 Å². The third kappa shape index (κ3) is 5.56. The Morgan fingerprint density at radius 1 is 0.517 bits per heavy atom. The maximum absolute atomic E-state index is 9.91. The fourth-order valence-electron chi connectivity index (χ4n) is 3.27. The molecule has 0 saturated carbocycles. The molecule has 2 nitrogen and oxygen atoms in total. The van der Waals surface area contributed by atoms with Crippen LogP contribution in [0.1, 0.15) is 25.0 Å². The fourth-order valence-corrected chi connectivity index (χ4v) is 3.27. The topological polar surface area (TPSA) is 51.7 Å². The predicted molar refractivity (Wildman–Crippen MR) is 122 cm³/mol. The largest absolute Gasteiger partial charge is 0.508 e. The van der Waals surface area contributed by atoms with Gasteiger partial charge in [-0.2, -0.15) is 0 Å². The van der Waals surface area contributed by atoms with Crippen molar-refractivity contribution < 1.29 is 10.6 Å². The van der Waals surface area contributed by atoms with Crippen LogP contribution in [0, 0.1) is 0 Å². The second-order valence-corrected chi connectivity index (χ2v) is 7.24. The summed E-state index contributed by atoms with van der Waals surface area (Å²) < 4.78 is 0. The Morgan fingerprint density at radius 3 is 1.34 bits per heavy atom. The van der Waals surface area contributed by atoms with Crippen LogP contribution in [0.25, 0.3) is 11.1 Å². The lowest BCUT2D eigenvalue weighted by Crippen LogP contribution is -2.18. The van der Waals surface area contributed by atoms with Gasteiger partial charge in [0.1, 0.15) is 5.75 Å². The van der Waals surface area contributed by atoms with E-state index in [2.05, 4.69) is 74.5 Å². The minimum Gasteiger partial charge on any atom is -0.508 e. The summed E-state index contributed by atoms with van der Waals surface area (Å²) in [6.45, 7) is 4.24. The first-order valence-electron chi connectivity index (χ1n) is 9.53. The molecule has 0 aliphatic rings. The van der Waals surface area contributed by atoms with Crippen LogP contribution in [0.2, 0.25) is 0 Å². The summed E-state index contributed by atoms with van der Waals surface area (Å²) in [4.78, 5) is 0. The summed E-state index contributed by atoms with van der Waals surface area (Å²) >= 11 is 0. The van der Waals surface area contributed by atoms with Crippen molar-refractivity contribution in [1.82, 2.24) is 0 Å². The van der Waals surface area contributed by atoms with Gasteiger partial charge < -0.3 is 10.6 Å². The molecular weight excluding hydrogens is 356 g/mol. The monoisotopic (exact) mass is 384 g/mol. The van der Waals surface area contributed by atoms with Gasteiger partial charge in [0.15, 0.2) is 0 Å². The number of phenols is 1. The van der Waals surface area contributed by atoms with E-state index in [1.165, 1.54) is 16.7 Å². The first kappa shape index (κ1) is 21.9. The maximum Gasteiger partial charge on any atom is 0.119 e. The lowest BCUT2D eigenvalue weighted by molar-refractivity contribution is 0.453. The van der Waals surface area contributed by atoms with E-state index in [0.29, 0.717) is 5.75 Å². The summed E-state index contributed by atoms with van der Waals surface area (Å²) in [6.07, 6.45) is 0. The van der Waals surface area contributed by atoms with Gasteiger partial charge in [-0.3, -0.25) is 0 Å². The standard InChI is InChI=1S/C15H16O.C12H10.H2O/c1-15(2,12-8-4-3-5-9-12)13-10-6-7-11-14(13)16;1-3-7-11(8-4-1)12-9-5-2-6-10-12;/h3-11,16H,1-2H3;1-10H;1H2. The van der Waals surface area contributed by atoms with Gasteiger partial charge in [0.2, 0.25) is 0 Å². The minimum atomic E-state index is -0.174. The Morgan fingerprint density at radius 2 is 0.897 bits per heavy atom. The Labute approximate surface area is 173 Å². The molecule has 0 aliphatic heterocycles. The highest BCUT2D eigenvalue weighted by molar-refractivity contribution is 5.62. The Bertz CT molecular complexity index is 941. The zero-order valence-corrected chi connectivity index (χ0v) is 16.9. The van der Waals surface area contributed by atoms with Crippen molar-refractivity contribution in [3.8, 4) is 16.9 Å². The van der Waals surface area contributed by atoms with Gasteiger partial charge in [-0.15, -0.1) is 0 Å². The summed E-state index contributed by atoms with van der Waals surface area (Å²) in [5.41, 5.74) is 4.54. The zero-order chi connectivity index (χ0) is 19.8. The molecule has 0 aliphatic carbocycles. The molecule has 0 heterocycles. The van der Waals surface area contributed by atoms with Crippen LogP contribution in [0.4, 0.5) is 0 Å². The highest BCUT2D eigenvalue weighted by atomic mass is 16.3. The van der Waals surface area contributed by atoms with Crippen molar-refractivity contribution in [2.24, 2.45) is 0 Å². The molecular formula is C27H28O2. The summed E-state index contributed by atoms with van der Waals surface area (Å²) in [6, 6.07) is 38.5. The molecule has 4 rings (SSSR count). The van der Waals surface area contributed by atoms with Crippen LogP contribution in [-0.2, 0) is 5.41 Å². The molecule has 0 aromatic heterocycles. The second-order valence-electron chi connectivity index (χ2n) is 7.24. The molecule has 0 bridgehead atoms. The van der Waals surface area contributed by atoms with Crippen LogP contribution in [0.15, 0.2) is 115 Å². The quantitative estimate of drug-likeness (QED) is 0.446. The van der Waals surface area contributed by atoms with Crippen molar-refractivity contribution in [1.29, 1.82) is 0 Å². The van der Waals surface area contributed by atoms with E-state index in [1.807, 2.05) is 48.5 Å². The maximum atomic E-state index is 9.91. The van der Waals surface area contributed by atoms with Gasteiger partial charge in [-0.1, -0.05) is 123 Å². The highest BCUT2D eigenvalue weighted by Gasteiger charge is 2.25. The third-order valence-corrected chi connectivity index (χ3v) is 4.95. The van der Waals surface area contributed by atoms with E-state index in [0.717, 1.165) is 5.56 Å². The first-order chi connectivity index (χ1) is 13.6. The summed E-state index contributed by atoms with van der Waals surface area (Å²) in [5, 5.41) is 9.91. The third-order valence-electron chi connectivity index (χ3n) is 4.95. The van der Waals surface area contributed by atoms with Gasteiger partial charge in [-0.05, 0) is 22.8 Å². The average molecular weight is 385 g/mol. The smallest absolute Gasteiger partial charge is 0.119 e. The molecule has 0 radical (unpaired) electrons. The molecule has 0 fully saturated rings. The molecule has 0 saturated heterocycles. The molecule has 0 unspecified atom stereocenters. The fraction of sp³-hybridized carbons (Fsp3) is 0.111. The molecule has 29 heavy (non-hydrogen) atoms. The van der Waals surface area contributed by atoms with E-state index in [9.17, 15) is 5.11 Å². The normalized spacial score (nSPS) is 10.3. The number of rotatable bonds is 3. The average Bonchev–Trinajstić information content (AvgIpc) is 2.76. The number of phenolic OH excluding ortho intramolecular Hbond substituents is 1. The van der Waals surface area contributed by atoms with Crippen molar-refractivity contribution >= 4 is 0 Å². The summed E-state index contributed by atoms with van der Waals surface area (Å²) in [5.74, 6) is 0.358. The van der Waals surface area contributed by atoms with Gasteiger partial charge in [0.25, 0.3) is 0 Å². The Balaban J connectivity index is 0.000000207. The van der Waals surface area contributed by atoms with E-state index in [4.69, 9.17) is 0 Å². The molecule has 0 amide bonds. The van der Waals surface area contributed by atoms with Crippen LogP contribution < -0.4 is 0 Å². The van der Waals surface area contributed by atoms with Crippen molar-refractivity contribution in [2.45, 2.75) is 19.3 Å². The van der Waals surface area contributed by atoms with E-state index in [1.54, 1.807) is 6.07 Å². The van der Waals surface area contributed by atoms with Crippen LogP contribution in [-0.4, -0.2) is 10.6 Å². The molecule has 4 aromatic carbocycles. The molecule has 0 atom stereocenters. The highest BCUT2D eigenvalue weighted by Crippen LogP contribution is 2.36. The lowest BCUT2D eigenvalue weighted by Gasteiger charge is -2.26. The van der Waals surface area contributed by atoms with E-state index < -0.39 is 0 Å². The number of hydrogen-bond acceptors (Lipinski definition) is 1. The summed E-state index contributed by atoms with van der Waals surface area (Å²) in [7, 11) is 0. The van der Waals surface area contributed by atoms with E-state index >= 15 is 0 Å². The molecule has 2 heteroatoms. The first-order valence-corrected chi connectivity index (χ1v) is 9.53. The second kappa shape index (κ2) is 10.3. The Kier molecular flexibility index (Phi) is 7.76. The number of hydrogen-bond donors (Lipinski definition) is 1.